The number of benzene rings is 4. The van der Waals surface area contributed by atoms with Crippen LogP contribution < -0.4 is 41.9 Å². The van der Waals surface area contributed by atoms with E-state index in [1.165, 1.54) is 0 Å². The van der Waals surface area contributed by atoms with Gasteiger partial charge in [-0.3, -0.25) is 29.0 Å². The maximum absolute atomic E-state index is 14.5. The second kappa shape index (κ2) is 21.3. The fourth-order valence-electron chi connectivity index (χ4n) is 10.3. The molecule has 16 nitrogen and oxygen atoms in total. The number of anilines is 4. The van der Waals surface area contributed by atoms with Crippen LogP contribution >= 0.6 is 0 Å². The molecule has 0 saturated carbocycles. The Hall–Kier alpha value is -8.18. The Morgan fingerprint density at radius 2 is 0.680 bits per heavy atom. The Morgan fingerprint density at radius 3 is 1.03 bits per heavy atom. The van der Waals surface area contributed by atoms with Gasteiger partial charge in [0.15, 0.2) is 0 Å². The predicted molar refractivity (Wildman–Crippen MR) is 292 cm³/mol. The Labute approximate surface area is 444 Å². The number of carbonyl (C=O) groups is 4. The zero-order valence-electron chi connectivity index (χ0n) is 41.0. The summed E-state index contributed by atoms with van der Waals surface area (Å²) in [7, 11) is 0. The molecule has 0 fully saturated rings. The van der Waals surface area contributed by atoms with E-state index in [0.29, 0.717) is 151 Å². The molecule has 0 aliphatic carbocycles. The Morgan fingerprint density at radius 1 is 0.373 bits per heavy atom. The minimum absolute atomic E-state index is 0. The first kappa shape index (κ1) is 49.1. The monoisotopic (exact) mass is 1040 g/mol. The average molecular weight is 1040 g/mol. The molecule has 0 spiro atoms. The van der Waals surface area contributed by atoms with Gasteiger partial charge in [-0.2, -0.15) is 0 Å². The van der Waals surface area contributed by atoms with Crippen LogP contribution in [0, 0.1) is 0 Å². The van der Waals surface area contributed by atoms with Crippen LogP contribution in [-0.4, -0.2) is 109 Å². The standard InChI is InChI=1S/C58H52N12O4.Zn/c71-51-31-59-25-27-69-28-26-60-32-52(72)66-40-14-6-2-10-36(40)56-44-18-17-43(61-44)55(35-9-1-5-13-39(35)65-51)45-19-21-47(62-45)57-37-11-3-7-15-41(37)67-53(73)33-70(30-29-69)34-54(74)68-42-16-8-4-12-38(42)58(48-22-20-46(56)63-48)50-24-23-49(57)64-50;/h1-24,59-60H,25-34H2,(H6,61,62,63,64,65,66,67,68,71,72,73,74);/q;+2/p-2. The molecule has 6 aliphatic heterocycles. The van der Waals surface area contributed by atoms with Gasteiger partial charge >= 0.3 is 19.5 Å². The van der Waals surface area contributed by atoms with Crippen LogP contribution in [0.25, 0.3) is 90.9 Å². The summed E-state index contributed by atoms with van der Waals surface area (Å²) in [4.78, 5) is 82.7. The van der Waals surface area contributed by atoms with Crippen LogP contribution in [0.3, 0.4) is 0 Å². The summed E-state index contributed by atoms with van der Waals surface area (Å²) >= 11 is 0. The molecule has 0 unspecified atom stereocenters. The van der Waals surface area contributed by atoms with Crippen molar-refractivity contribution in [1.82, 2.24) is 40.4 Å². The van der Waals surface area contributed by atoms with Gasteiger partial charge in [0, 0.05) is 84.3 Å². The van der Waals surface area contributed by atoms with Crippen LogP contribution in [0.2, 0.25) is 0 Å². The second-order valence-electron chi connectivity index (χ2n) is 18.6. The van der Waals surface area contributed by atoms with Gasteiger partial charge in [0.05, 0.1) is 49.0 Å². The zero-order valence-corrected chi connectivity index (χ0v) is 43.9. The van der Waals surface area contributed by atoms with E-state index in [4.69, 9.17) is 19.9 Å². The summed E-state index contributed by atoms with van der Waals surface area (Å²) in [5.74, 6) is -1.10. The van der Waals surface area contributed by atoms with E-state index >= 15 is 0 Å². The molecular formula is C58H50N12O4Zn. The zero-order chi connectivity index (χ0) is 50.1. The molecule has 13 rings (SSSR count). The van der Waals surface area contributed by atoms with Crippen molar-refractivity contribution in [2.24, 2.45) is 0 Å². The number of hydrogen-bond acceptors (Lipinski definition) is 10. The third-order valence-electron chi connectivity index (χ3n) is 13.7. The second-order valence-corrected chi connectivity index (χ2v) is 18.6. The van der Waals surface area contributed by atoms with Crippen molar-refractivity contribution < 1.29 is 38.7 Å². The van der Waals surface area contributed by atoms with E-state index < -0.39 is 0 Å². The number of nitrogens with zero attached hydrogens (tertiary/aromatic N) is 6. The number of rotatable bonds is 0. The largest absolute Gasteiger partial charge is 2.00 e. The van der Waals surface area contributed by atoms with Gasteiger partial charge in [-0.25, -0.2) is 9.97 Å². The van der Waals surface area contributed by atoms with Crippen LogP contribution in [0.1, 0.15) is 22.8 Å². The molecule has 0 saturated heterocycles. The van der Waals surface area contributed by atoms with Gasteiger partial charge < -0.3 is 41.9 Å². The van der Waals surface area contributed by atoms with E-state index in [1.54, 1.807) is 0 Å². The van der Waals surface area contributed by atoms with Crippen molar-refractivity contribution in [3.8, 4) is 44.5 Å². The number of hydrogen-bond donors (Lipinski definition) is 6. The average Bonchev–Trinajstić information content (AvgIpc) is 4.26. The van der Waals surface area contributed by atoms with Crippen molar-refractivity contribution >= 4 is 92.7 Å². The van der Waals surface area contributed by atoms with Crippen molar-refractivity contribution in [1.29, 1.82) is 0 Å². The summed E-state index contributed by atoms with van der Waals surface area (Å²) < 4.78 is 0. The molecule has 4 aromatic carbocycles. The van der Waals surface area contributed by atoms with Crippen molar-refractivity contribution in [2.75, 3.05) is 86.7 Å². The molecule has 75 heavy (non-hydrogen) atoms. The molecule has 17 heteroatoms. The van der Waals surface area contributed by atoms with Gasteiger partial charge in [-0.15, -0.1) is 22.1 Å². The molecule has 7 aromatic rings. The predicted octanol–water partition coefficient (Wildman–Crippen LogP) is 7.16. The number of para-hydroxylation sites is 4. The molecule has 4 amide bonds. The topological polar surface area (TPSA) is 201 Å². The third-order valence-corrected chi connectivity index (χ3v) is 13.7. The van der Waals surface area contributed by atoms with Crippen molar-refractivity contribution in [3.63, 3.8) is 0 Å². The van der Waals surface area contributed by atoms with Gasteiger partial charge in [0.2, 0.25) is 23.6 Å². The first-order valence-electron chi connectivity index (χ1n) is 24.8. The Kier molecular flexibility index (Phi) is 14.0. The van der Waals surface area contributed by atoms with Crippen LogP contribution in [0.4, 0.5) is 22.7 Å². The number of nitrogens with one attached hydrogen (secondary N) is 6. The van der Waals surface area contributed by atoms with Crippen LogP contribution in [-0.2, 0) is 38.7 Å². The van der Waals surface area contributed by atoms with E-state index in [1.807, 2.05) is 151 Å². The molecule has 14 bridgehead atoms. The maximum Gasteiger partial charge on any atom is 2.00 e. The minimum atomic E-state index is -0.314. The van der Waals surface area contributed by atoms with Gasteiger partial charge in [-0.1, -0.05) is 97.1 Å². The Bertz CT molecular complexity index is 3450. The molecule has 6 N–H and O–H groups in total. The summed E-state index contributed by atoms with van der Waals surface area (Å²) in [5, 5.41) is 19.5. The van der Waals surface area contributed by atoms with E-state index in [-0.39, 0.29) is 69.3 Å². The smallest absolute Gasteiger partial charge is 0.657 e. The molecular weight excluding hydrogens is 994 g/mol. The van der Waals surface area contributed by atoms with Gasteiger partial charge in [0.25, 0.3) is 0 Å². The van der Waals surface area contributed by atoms with Gasteiger partial charge in [-0.05, 0) is 70.8 Å². The fourth-order valence-corrected chi connectivity index (χ4v) is 10.3. The number of aromatic nitrogens is 4. The normalized spacial score (nSPS) is 17.8. The first-order valence-corrected chi connectivity index (χ1v) is 24.8. The third kappa shape index (κ3) is 10.1. The number of carbonyl (C=O) groups excluding carboxylic acids is 4. The van der Waals surface area contributed by atoms with Crippen molar-refractivity contribution in [3.05, 3.63) is 144 Å². The van der Waals surface area contributed by atoms with Gasteiger partial charge in [0.1, 0.15) is 0 Å². The summed E-state index contributed by atoms with van der Waals surface area (Å²) in [5.41, 5.74) is 12.2. The fraction of sp³-hybridized carbons (Fsp3) is 0.172. The molecule has 0 atom stereocenters. The first-order chi connectivity index (χ1) is 36.3. The summed E-state index contributed by atoms with van der Waals surface area (Å²) in [6.07, 6.45) is 7.79. The maximum atomic E-state index is 14.5. The minimum Gasteiger partial charge on any atom is -0.657 e. The van der Waals surface area contributed by atoms with E-state index in [0.717, 1.165) is 0 Å². The van der Waals surface area contributed by atoms with Crippen LogP contribution in [0.5, 0.6) is 0 Å². The summed E-state index contributed by atoms with van der Waals surface area (Å²) in [6, 6.07) is 38.3. The molecule has 0 radical (unpaired) electrons. The molecule has 368 valence electrons. The molecule has 6 aliphatic rings. The van der Waals surface area contributed by atoms with E-state index in [9.17, 15) is 19.2 Å². The molecule has 9 heterocycles. The van der Waals surface area contributed by atoms with Crippen molar-refractivity contribution in [2.45, 2.75) is 0 Å². The Balaban J connectivity index is 0.00000602. The number of amides is 4. The number of fused-ring (bicyclic) bond motifs is 15. The van der Waals surface area contributed by atoms with E-state index in [2.05, 4.69) is 36.8 Å². The molecule has 3 aromatic heterocycles. The quantitative estimate of drug-likeness (QED) is 0.0840. The SMILES string of the molecule is O=C1CNCCN2CCNCC(=O)Nc3ccccc3-c3c4nc(c5c6ccc([n-]6)c(c6nc(c(c7ccc3[n-]7)-c3ccccc3N1)C=C6)-c1ccccc1NC(=O)CN(CC2)CC(=O)Nc1ccccc1-5)C=C4.[Zn+2]. The van der Waals surface area contributed by atoms with Crippen LogP contribution in [0.15, 0.2) is 121 Å². The summed E-state index contributed by atoms with van der Waals surface area (Å²) in [6.45, 7) is 2.59.